The molecule has 0 aliphatic carbocycles. The quantitative estimate of drug-likeness (QED) is 0.731. The lowest BCUT2D eigenvalue weighted by molar-refractivity contribution is -0.0436. The number of hydrogen-bond acceptors (Lipinski definition) is 7. The molecule has 22 heavy (non-hydrogen) atoms. The Morgan fingerprint density at radius 1 is 1.59 bits per heavy atom. The standard InChI is InChI=1S/C13H24N4O4Si/c1-4-5-22(2,3)21-9-6-11(20-10(9)7-18)17-8-15-12(14)16-13(17)19/h8-11,18H,4-7H2,1-3H3,(H2,14,16,19)/t9-,10+,11+/m0/s1. The number of aromatic nitrogens is 3. The second-order valence-electron chi connectivity index (χ2n) is 6.12. The van der Waals surface area contributed by atoms with Gasteiger partial charge in [0, 0.05) is 6.42 Å². The first-order valence-corrected chi connectivity index (χ1v) is 10.6. The van der Waals surface area contributed by atoms with Crippen LogP contribution in [0.25, 0.3) is 0 Å². The summed E-state index contributed by atoms with van der Waals surface area (Å²) in [5.41, 5.74) is 4.87. The molecule has 1 aromatic rings. The summed E-state index contributed by atoms with van der Waals surface area (Å²) in [4.78, 5) is 19.3. The SMILES string of the molecule is CCC[Si](C)(C)O[C@H]1C[C@H](n2cnc(N)nc2=O)O[C@@H]1CO. The second kappa shape index (κ2) is 6.86. The fourth-order valence-electron chi connectivity index (χ4n) is 2.78. The summed E-state index contributed by atoms with van der Waals surface area (Å²) in [7, 11) is -1.81. The lowest BCUT2D eigenvalue weighted by Crippen LogP contribution is -2.40. The first-order valence-electron chi connectivity index (χ1n) is 7.51. The van der Waals surface area contributed by atoms with Crippen molar-refractivity contribution in [3.05, 3.63) is 16.8 Å². The number of aliphatic hydroxyl groups is 1. The molecule has 1 aromatic heterocycles. The Balaban J connectivity index is 2.13. The van der Waals surface area contributed by atoms with E-state index >= 15 is 0 Å². The normalized spacial score (nSPS) is 25.5. The Morgan fingerprint density at radius 2 is 2.32 bits per heavy atom. The number of rotatable bonds is 6. The van der Waals surface area contributed by atoms with Gasteiger partial charge >= 0.3 is 5.69 Å². The summed E-state index contributed by atoms with van der Waals surface area (Å²) in [5, 5.41) is 9.51. The molecule has 0 aromatic carbocycles. The molecule has 1 saturated heterocycles. The monoisotopic (exact) mass is 328 g/mol. The van der Waals surface area contributed by atoms with Crippen LogP contribution in [0.3, 0.4) is 0 Å². The van der Waals surface area contributed by atoms with Gasteiger partial charge in [0.1, 0.15) is 18.7 Å². The molecule has 0 radical (unpaired) electrons. The summed E-state index contributed by atoms with van der Waals surface area (Å²) in [5.74, 6) is -0.0674. The van der Waals surface area contributed by atoms with Crippen LogP contribution in [-0.2, 0) is 9.16 Å². The van der Waals surface area contributed by atoms with Crippen LogP contribution in [0.2, 0.25) is 19.1 Å². The molecule has 0 unspecified atom stereocenters. The molecule has 2 rings (SSSR count). The average molecular weight is 328 g/mol. The fraction of sp³-hybridized carbons (Fsp3) is 0.769. The third-order valence-electron chi connectivity index (χ3n) is 3.74. The zero-order chi connectivity index (χ0) is 16.3. The molecule has 1 fully saturated rings. The largest absolute Gasteiger partial charge is 0.412 e. The van der Waals surface area contributed by atoms with Gasteiger partial charge in [-0.3, -0.25) is 4.57 Å². The Kier molecular flexibility index (Phi) is 5.32. The van der Waals surface area contributed by atoms with Crippen LogP contribution in [0.4, 0.5) is 5.95 Å². The molecule has 3 atom stereocenters. The van der Waals surface area contributed by atoms with Crippen LogP contribution in [0, 0.1) is 0 Å². The van der Waals surface area contributed by atoms with E-state index in [0.717, 1.165) is 12.5 Å². The molecule has 1 aliphatic rings. The smallest absolute Gasteiger partial charge is 0.354 e. The zero-order valence-electron chi connectivity index (χ0n) is 13.2. The molecular formula is C13H24N4O4Si. The summed E-state index contributed by atoms with van der Waals surface area (Å²) in [6.45, 7) is 6.27. The Labute approximate surface area is 130 Å². The van der Waals surface area contributed by atoms with Gasteiger partial charge in [-0.25, -0.2) is 9.78 Å². The van der Waals surface area contributed by atoms with Crippen molar-refractivity contribution in [2.45, 2.75) is 57.3 Å². The lowest BCUT2D eigenvalue weighted by Gasteiger charge is -2.28. The zero-order valence-corrected chi connectivity index (χ0v) is 14.2. The van der Waals surface area contributed by atoms with Crippen molar-refractivity contribution in [1.29, 1.82) is 0 Å². The molecular weight excluding hydrogens is 304 g/mol. The van der Waals surface area contributed by atoms with Crippen molar-refractivity contribution in [1.82, 2.24) is 14.5 Å². The van der Waals surface area contributed by atoms with Crippen LogP contribution < -0.4 is 11.4 Å². The van der Waals surface area contributed by atoms with Gasteiger partial charge in [-0.05, 0) is 19.1 Å². The summed E-state index contributed by atoms with van der Waals surface area (Å²) < 4.78 is 13.3. The highest BCUT2D eigenvalue weighted by Crippen LogP contribution is 2.32. The molecule has 3 N–H and O–H groups in total. The maximum atomic E-state index is 11.9. The molecule has 124 valence electrons. The van der Waals surface area contributed by atoms with Gasteiger partial charge < -0.3 is 20.0 Å². The van der Waals surface area contributed by atoms with E-state index in [0.29, 0.717) is 6.42 Å². The summed E-state index contributed by atoms with van der Waals surface area (Å²) in [6.07, 6.45) is 1.65. The van der Waals surface area contributed by atoms with E-state index in [1.54, 1.807) is 0 Å². The molecule has 8 nitrogen and oxygen atoms in total. The summed E-state index contributed by atoms with van der Waals surface area (Å²) >= 11 is 0. The second-order valence-corrected chi connectivity index (χ2v) is 10.4. The molecule has 2 heterocycles. The van der Waals surface area contributed by atoms with Gasteiger partial charge in [-0.15, -0.1) is 0 Å². The number of nitrogens with zero attached hydrogens (tertiary/aromatic N) is 3. The first-order chi connectivity index (χ1) is 10.4. The van der Waals surface area contributed by atoms with Crippen molar-refractivity contribution in [2.24, 2.45) is 0 Å². The minimum absolute atomic E-state index is 0.0674. The lowest BCUT2D eigenvalue weighted by atomic mass is 10.2. The number of aliphatic hydroxyl groups excluding tert-OH is 1. The van der Waals surface area contributed by atoms with Crippen molar-refractivity contribution in [3.8, 4) is 0 Å². The minimum Gasteiger partial charge on any atom is -0.412 e. The maximum Gasteiger partial charge on any atom is 0.354 e. The number of ether oxygens (including phenoxy) is 1. The van der Waals surface area contributed by atoms with Crippen LogP contribution in [0.15, 0.2) is 11.1 Å². The van der Waals surface area contributed by atoms with E-state index in [-0.39, 0.29) is 18.7 Å². The molecule has 0 amide bonds. The van der Waals surface area contributed by atoms with E-state index < -0.39 is 26.3 Å². The molecule has 9 heteroatoms. The highest BCUT2D eigenvalue weighted by molar-refractivity contribution is 6.71. The molecule has 1 aliphatic heterocycles. The van der Waals surface area contributed by atoms with Crippen LogP contribution in [0.1, 0.15) is 26.0 Å². The number of nitrogens with two attached hydrogens (primary N) is 1. The Hall–Kier alpha value is -1.29. The van der Waals surface area contributed by atoms with Gasteiger partial charge in [-0.2, -0.15) is 4.98 Å². The van der Waals surface area contributed by atoms with Gasteiger partial charge in [-0.1, -0.05) is 13.3 Å². The van der Waals surface area contributed by atoms with E-state index in [9.17, 15) is 9.90 Å². The van der Waals surface area contributed by atoms with Crippen molar-refractivity contribution in [2.75, 3.05) is 12.3 Å². The molecule has 0 bridgehead atoms. The highest BCUT2D eigenvalue weighted by Gasteiger charge is 2.40. The van der Waals surface area contributed by atoms with Gasteiger partial charge in [0.25, 0.3) is 0 Å². The Morgan fingerprint density at radius 3 is 2.91 bits per heavy atom. The number of nitrogen functional groups attached to an aromatic ring is 1. The van der Waals surface area contributed by atoms with Crippen molar-refractivity contribution < 1.29 is 14.3 Å². The van der Waals surface area contributed by atoms with E-state index in [4.69, 9.17) is 14.9 Å². The third-order valence-corrected chi connectivity index (χ3v) is 6.38. The topological polar surface area (TPSA) is 112 Å². The number of anilines is 1. The minimum atomic E-state index is -1.81. The maximum absolute atomic E-state index is 11.9. The van der Waals surface area contributed by atoms with Crippen molar-refractivity contribution in [3.63, 3.8) is 0 Å². The molecule has 0 saturated carbocycles. The van der Waals surface area contributed by atoms with Gasteiger partial charge in [0.15, 0.2) is 8.32 Å². The predicted octanol–water partition coefficient (Wildman–Crippen LogP) is 0.501. The van der Waals surface area contributed by atoms with E-state index in [2.05, 4.69) is 30.0 Å². The predicted molar refractivity (Wildman–Crippen MR) is 83.8 cm³/mol. The third kappa shape index (κ3) is 3.91. The molecule has 0 spiro atoms. The van der Waals surface area contributed by atoms with Gasteiger partial charge in [0.05, 0.1) is 12.7 Å². The van der Waals surface area contributed by atoms with Crippen LogP contribution >= 0.6 is 0 Å². The van der Waals surface area contributed by atoms with Crippen molar-refractivity contribution >= 4 is 14.3 Å². The first kappa shape index (κ1) is 17.1. The van der Waals surface area contributed by atoms with Gasteiger partial charge in [0.2, 0.25) is 5.95 Å². The fourth-order valence-corrected chi connectivity index (χ4v) is 5.17. The number of hydrogen-bond donors (Lipinski definition) is 2. The highest BCUT2D eigenvalue weighted by atomic mass is 28.4. The summed E-state index contributed by atoms with van der Waals surface area (Å²) in [6, 6.07) is 1.04. The average Bonchev–Trinajstić information content (AvgIpc) is 2.80. The van der Waals surface area contributed by atoms with E-state index in [1.807, 2.05) is 0 Å². The van der Waals surface area contributed by atoms with Crippen LogP contribution in [-0.4, -0.2) is 46.8 Å². The van der Waals surface area contributed by atoms with E-state index in [1.165, 1.54) is 10.9 Å². The van der Waals surface area contributed by atoms with Crippen LogP contribution in [0.5, 0.6) is 0 Å². The Bertz CT molecular complexity index is 565.